The number of rotatable bonds is 5. The highest BCUT2D eigenvalue weighted by Crippen LogP contribution is 2.29. The third-order valence-corrected chi connectivity index (χ3v) is 2.89. The van der Waals surface area contributed by atoms with Gasteiger partial charge in [-0.1, -0.05) is 0 Å². The maximum absolute atomic E-state index is 12.2. The van der Waals surface area contributed by atoms with E-state index < -0.39 is 0 Å². The fourth-order valence-corrected chi connectivity index (χ4v) is 1.79. The maximum atomic E-state index is 12.2. The number of methoxy groups -OCH3 is 3. The number of carbonyl (C=O) groups is 1. The van der Waals surface area contributed by atoms with Gasteiger partial charge in [0.05, 0.1) is 21.3 Å². The molecule has 0 atom stereocenters. The molecule has 0 aliphatic carbocycles. The third-order valence-electron chi connectivity index (χ3n) is 2.89. The number of benzene rings is 1. The van der Waals surface area contributed by atoms with Crippen LogP contribution in [0.3, 0.4) is 0 Å². The van der Waals surface area contributed by atoms with Gasteiger partial charge in [0.2, 0.25) is 5.95 Å². The largest absolute Gasteiger partial charge is 0.496 e. The number of aromatic nitrogens is 3. The van der Waals surface area contributed by atoms with E-state index in [9.17, 15) is 4.79 Å². The van der Waals surface area contributed by atoms with Crippen LogP contribution in [0.2, 0.25) is 0 Å². The topological polar surface area (TPSA) is 98.4 Å². The first-order valence-corrected chi connectivity index (χ1v) is 6.09. The van der Waals surface area contributed by atoms with Gasteiger partial charge in [0.15, 0.2) is 0 Å². The Morgan fingerprint density at radius 2 is 1.76 bits per heavy atom. The van der Waals surface area contributed by atoms with Crippen LogP contribution in [0, 0.1) is 6.92 Å². The summed E-state index contributed by atoms with van der Waals surface area (Å²) >= 11 is 0. The van der Waals surface area contributed by atoms with Crippen LogP contribution in [0.1, 0.15) is 15.9 Å². The van der Waals surface area contributed by atoms with Crippen molar-refractivity contribution < 1.29 is 19.0 Å². The predicted octanol–water partition coefficient (Wildman–Crippen LogP) is 1.39. The fourth-order valence-electron chi connectivity index (χ4n) is 1.79. The zero-order valence-corrected chi connectivity index (χ0v) is 12.2. The van der Waals surface area contributed by atoms with Crippen molar-refractivity contribution in [1.29, 1.82) is 0 Å². The first-order valence-electron chi connectivity index (χ1n) is 6.09. The average molecular weight is 292 g/mol. The van der Waals surface area contributed by atoms with Crippen LogP contribution in [-0.2, 0) is 0 Å². The molecule has 0 aliphatic rings. The third kappa shape index (κ3) is 3.04. The molecule has 0 spiro atoms. The summed E-state index contributed by atoms with van der Waals surface area (Å²) in [7, 11) is 4.50. The lowest BCUT2D eigenvalue weighted by molar-refractivity contribution is 0.102. The summed E-state index contributed by atoms with van der Waals surface area (Å²) in [5.41, 5.74) is 1.20. The van der Waals surface area contributed by atoms with Crippen LogP contribution < -0.4 is 19.5 Å². The Morgan fingerprint density at radius 1 is 1.14 bits per heavy atom. The van der Waals surface area contributed by atoms with E-state index in [1.807, 2.05) is 6.92 Å². The van der Waals surface area contributed by atoms with Gasteiger partial charge in [-0.25, -0.2) is 5.10 Å². The summed E-state index contributed by atoms with van der Waals surface area (Å²) in [4.78, 5) is 16.1. The van der Waals surface area contributed by atoms with E-state index in [1.54, 1.807) is 12.1 Å². The number of nitrogens with one attached hydrogen (secondary N) is 2. The highest BCUT2D eigenvalue weighted by atomic mass is 16.5. The number of hydrogen-bond acceptors (Lipinski definition) is 6. The number of nitrogens with zero attached hydrogens (tertiary/aromatic N) is 2. The lowest BCUT2D eigenvalue weighted by atomic mass is 10.1. The first kappa shape index (κ1) is 14.6. The molecule has 21 heavy (non-hydrogen) atoms. The summed E-state index contributed by atoms with van der Waals surface area (Å²) in [6.45, 7) is 1.85. The van der Waals surface area contributed by atoms with Gasteiger partial charge in [0, 0.05) is 11.1 Å². The van der Waals surface area contributed by atoms with Crippen LogP contribution in [0.25, 0.3) is 0 Å². The van der Waals surface area contributed by atoms with Crippen molar-refractivity contribution >= 4 is 11.9 Å². The molecule has 0 bridgehead atoms. The summed E-state index contributed by atoms with van der Waals surface area (Å²) in [6, 6.07) is 3.39. The summed E-state index contributed by atoms with van der Waals surface area (Å²) in [5, 5.41) is 8.86. The van der Waals surface area contributed by atoms with Crippen molar-refractivity contribution in [3.05, 3.63) is 23.3 Å². The molecule has 1 amide bonds. The molecule has 0 fully saturated rings. The van der Waals surface area contributed by atoms with E-state index in [0.717, 1.165) is 5.56 Å². The second kappa shape index (κ2) is 6.12. The predicted molar refractivity (Wildman–Crippen MR) is 75.2 cm³/mol. The molecule has 2 rings (SSSR count). The van der Waals surface area contributed by atoms with Gasteiger partial charge in [-0.05, 0) is 19.1 Å². The molecular weight excluding hydrogens is 276 g/mol. The van der Waals surface area contributed by atoms with Crippen molar-refractivity contribution in [1.82, 2.24) is 15.2 Å². The molecule has 0 saturated carbocycles. The second-order valence-electron chi connectivity index (χ2n) is 4.13. The van der Waals surface area contributed by atoms with E-state index in [4.69, 9.17) is 14.2 Å². The molecule has 0 saturated heterocycles. The Morgan fingerprint density at radius 3 is 2.24 bits per heavy atom. The Labute approximate surface area is 121 Å². The van der Waals surface area contributed by atoms with Crippen LogP contribution in [-0.4, -0.2) is 42.4 Å². The summed E-state index contributed by atoms with van der Waals surface area (Å²) in [6.07, 6.45) is 0. The molecule has 0 unspecified atom stereocenters. The van der Waals surface area contributed by atoms with E-state index >= 15 is 0 Å². The normalized spacial score (nSPS) is 10.1. The molecule has 2 aromatic rings. The minimum absolute atomic E-state index is 0.143. The van der Waals surface area contributed by atoms with Crippen molar-refractivity contribution in [2.75, 3.05) is 26.6 Å². The molecule has 1 aromatic carbocycles. The van der Waals surface area contributed by atoms with Gasteiger partial charge in [0.1, 0.15) is 11.5 Å². The lowest BCUT2D eigenvalue weighted by Crippen LogP contribution is -2.13. The Kier molecular flexibility index (Phi) is 4.27. The summed E-state index contributed by atoms with van der Waals surface area (Å²) < 4.78 is 15.3. The fraction of sp³-hybridized carbons (Fsp3) is 0.308. The average Bonchev–Trinajstić information content (AvgIpc) is 2.95. The number of hydrogen-bond donors (Lipinski definition) is 2. The quantitative estimate of drug-likeness (QED) is 0.864. The van der Waals surface area contributed by atoms with Crippen molar-refractivity contribution in [3.8, 4) is 17.5 Å². The van der Waals surface area contributed by atoms with E-state index in [1.165, 1.54) is 21.3 Å². The van der Waals surface area contributed by atoms with Crippen molar-refractivity contribution in [3.63, 3.8) is 0 Å². The molecule has 8 heteroatoms. The Balaban J connectivity index is 2.26. The number of anilines is 1. The summed E-state index contributed by atoms with van der Waals surface area (Å²) in [5.74, 6) is 0.949. The highest BCUT2D eigenvalue weighted by Gasteiger charge is 2.15. The number of ether oxygens (including phenoxy) is 3. The Hall–Kier alpha value is -2.77. The van der Waals surface area contributed by atoms with Crippen LogP contribution in [0.15, 0.2) is 12.1 Å². The first-order chi connectivity index (χ1) is 10.1. The molecule has 8 nitrogen and oxygen atoms in total. The lowest BCUT2D eigenvalue weighted by Gasteiger charge is -2.12. The number of aromatic amines is 1. The van der Waals surface area contributed by atoms with Gasteiger partial charge in [0.25, 0.3) is 5.91 Å². The zero-order chi connectivity index (χ0) is 15.4. The molecule has 1 heterocycles. The SMILES string of the molecule is COc1n[nH]c(NC(=O)c2cc(OC)c(C)c(OC)c2)n1. The van der Waals surface area contributed by atoms with Gasteiger partial charge in [-0.3, -0.25) is 10.1 Å². The van der Waals surface area contributed by atoms with Crippen LogP contribution >= 0.6 is 0 Å². The number of carbonyl (C=O) groups excluding carboxylic acids is 1. The van der Waals surface area contributed by atoms with Crippen molar-refractivity contribution in [2.24, 2.45) is 0 Å². The maximum Gasteiger partial charge on any atom is 0.336 e. The molecule has 2 N–H and O–H groups in total. The molecule has 0 aliphatic heterocycles. The monoisotopic (exact) mass is 292 g/mol. The molecular formula is C13H16N4O4. The highest BCUT2D eigenvalue weighted by molar-refractivity contribution is 6.04. The van der Waals surface area contributed by atoms with Crippen LogP contribution in [0.4, 0.5) is 5.95 Å². The van der Waals surface area contributed by atoms with E-state index in [0.29, 0.717) is 17.1 Å². The van der Waals surface area contributed by atoms with Gasteiger partial charge < -0.3 is 14.2 Å². The molecule has 112 valence electrons. The van der Waals surface area contributed by atoms with Crippen LogP contribution in [0.5, 0.6) is 17.5 Å². The second-order valence-corrected chi connectivity index (χ2v) is 4.13. The van der Waals surface area contributed by atoms with Gasteiger partial charge >= 0.3 is 6.01 Å². The minimum atomic E-state index is -0.370. The van der Waals surface area contributed by atoms with Gasteiger partial charge in [-0.15, -0.1) is 5.10 Å². The van der Waals surface area contributed by atoms with E-state index in [-0.39, 0.29) is 17.9 Å². The zero-order valence-electron chi connectivity index (χ0n) is 12.2. The Bertz CT molecular complexity index is 628. The minimum Gasteiger partial charge on any atom is -0.496 e. The smallest absolute Gasteiger partial charge is 0.336 e. The van der Waals surface area contributed by atoms with Gasteiger partial charge in [-0.2, -0.15) is 4.98 Å². The standard InChI is InChI=1S/C13H16N4O4/c1-7-9(19-2)5-8(6-10(7)20-3)11(18)14-12-15-13(21-4)17-16-12/h5-6H,1-4H3,(H2,14,15,16,17,18). The molecule has 1 aromatic heterocycles. The number of H-pyrrole nitrogens is 1. The molecule has 0 radical (unpaired) electrons. The van der Waals surface area contributed by atoms with Crippen molar-refractivity contribution in [2.45, 2.75) is 6.92 Å². The number of amides is 1. The van der Waals surface area contributed by atoms with E-state index in [2.05, 4.69) is 20.5 Å².